The summed E-state index contributed by atoms with van der Waals surface area (Å²) in [6.45, 7) is 0. The summed E-state index contributed by atoms with van der Waals surface area (Å²) in [5.74, 6) is -1.19. The van der Waals surface area contributed by atoms with Crippen LogP contribution in [0.2, 0.25) is 10.0 Å². The molecule has 0 unspecified atom stereocenters. The van der Waals surface area contributed by atoms with E-state index in [-0.39, 0.29) is 44.2 Å². The summed E-state index contributed by atoms with van der Waals surface area (Å²) in [6, 6.07) is 16.6. The molecule has 4 rings (SSSR count). The summed E-state index contributed by atoms with van der Waals surface area (Å²) in [5.41, 5.74) is 0.709. The normalized spacial score (nSPS) is 14.1. The van der Waals surface area contributed by atoms with Crippen LogP contribution in [-0.2, 0) is 9.53 Å². The zero-order valence-corrected chi connectivity index (χ0v) is 18.0. The minimum Gasteiger partial charge on any atom is -0.423 e. The maximum atomic E-state index is 12.3. The van der Waals surface area contributed by atoms with Gasteiger partial charge in [0.2, 0.25) is 5.90 Å². The quantitative estimate of drug-likeness (QED) is 0.157. The minimum absolute atomic E-state index is 0.0200. The molecule has 8 nitrogen and oxygen atoms in total. The Morgan fingerprint density at radius 2 is 1.76 bits per heavy atom. The van der Waals surface area contributed by atoms with E-state index >= 15 is 0 Å². The number of carbonyl (C=O) groups is 2. The third-order valence-corrected chi connectivity index (χ3v) is 5.16. The molecule has 0 bridgehead atoms. The highest BCUT2D eigenvalue weighted by Crippen LogP contribution is 2.27. The lowest BCUT2D eigenvalue weighted by molar-refractivity contribution is -0.384. The number of nitrogens with zero attached hydrogens (tertiary/aromatic N) is 2. The highest BCUT2D eigenvalue weighted by atomic mass is 35.5. The van der Waals surface area contributed by atoms with Crippen molar-refractivity contribution in [3.63, 3.8) is 0 Å². The van der Waals surface area contributed by atoms with Gasteiger partial charge in [-0.25, -0.2) is 14.6 Å². The maximum Gasteiger partial charge on any atom is 0.363 e. The SMILES string of the molecule is O=C1OC(c2cc([N+](=O)[O-])ccc2Cl)=N/C1=C\c1ccc(OC(=O)c2ccccc2Cl)cc1. The number of hydrogen-bond acceptors (Lipinski definition) is 7. The molecule has 0 fully saturated rings. The first-order valence-electron chi connectivity index (χ1n) is 9.35. The second-order valence-corrected chi connectivity index (χ2v) is 7.51. The fourth-order valence-electron chi connectivity index (χ4n) is 2.89. The number of non-ortho nitro benzene ring substituents is 1. The number of esters is 2. The van der Waals surface area contributed by atoms with Crippen molar-refractivity contribution in [2.24, 2.45) is 4.99 Å². The topological polar surface area (TPSA) is 108 Å². The number of aliphatic imine (C=N–C) groups is 1. The number of carbonyl (C=O) groups excluding carboxylic acids is 2. The van der Waals surface area contributed by atoms with Crippen LogP contribution in [-0.4, -0.2) is 22.8 Å². The Bertz CT molecular complexity index is 1350. The summed E-state index contributed by atoms with van der Waals surface area (Å²) in [7, 11) is 0. The van der Waals surface area contributed by atoms with Gasteiger partial charge < -0.3 is 9.47 Å². The van der Waals surface area contributed by atoms with Crippen molar-refractivity contribution in [1.29, 1.82) is 0 Å². The third kappa shape index (κ3) is 4.92. The van der Waals surface area contributed by atoms with E-state index in [4.69, 9.17) is 32.7 Å². The Kier molecular flexibility index (Phi) is 6.21. The molecular formula is C23H12Cl2N2O6. The number of hydrogen-bond donors (Lipinski definition) is 0. The third-order valence-electron chi connectivity index (χ3n) is 4.50. The number of nitro groups is 1. The van der Waals surface area contributed by atoms with Crippen LogP contribution < -0.4 is 4.74 Å². The molecule has 1 heterocycles. The Hall–Kier alpha value is -4.01. The van der Waals surface area contributed by atoms with E-state index in [2.05, 4.69) is 4.99 Å². The van der Waals surface area contributed by atoms with Crippen LogP contribution in [0, 0.1) is 10.1 Å². The van der Waals surface area contributed by atoms with E-state index in [1.165, 1.54) is 24.3 Å². The highest BCUT2D eigenvalue weighted by Gasteiger charge is 2.27. The summed E-state index contributed by atoms with van der Waals surface area (Å²) in [6.07, 6.45) is 1.46. The second-order valence-electron chi connectivity index (χ2n) is 6.70. The molecule has 0 saturated carbocycles. The highest BCUT2D eigenvalue weighted by molar-refractivity contribution is 6.34. The van der Waals surface area contributed by atoms with Gasteiger partial charge >= 0.3 is 11.9 Å². The molecule has 3 aromatic carbocycles. The Labute approximate surface area is 196 Å². The van der Waals surface area contributed by atoms with E-state index in [1.54, 1.807) is 48.5 Å². The molecule has 3 aromatic rings. The molecule has 0 saturated heterocycles. The van der Waals surface area contributed by atoms with E-state index < -0.39 is 16.9 Å². The zero-order chi connectivity index (χ0) is 23.5. The van der Waals surface area contributed by atoms with Crippen LogP contribution in [0.1, 0.15) is 21.5 Å². The molecule has 33 heavy (non-hydrogen) atoms. The van der Waals surface area contributed by atoms with E-state index in [0.717, 1.165) is 0 Å². The van der Waals surface area contributed by atoms with Gasteiger partial charge in [0.1, 0.15) is 5.75 Å². The molecule has 0 aliphatic carbocycles. The fraction of sp³-hybridized carbons (Fsp3) is 0. The molecule has 0 spiro atoms. The summed E-state index contributed by atoms with van der Waals surface area (Å²) in [5, 5.41) is 11.4. The van der Waals surface area contributed by atoms with Crippen molar-refractivity contribution in [3.8, 4) is 5.75 Å². The van der Waals surface area contributed by atoms with Gasteiger partial charge in [-0.3, -0.25) is 10.1 Å². The van der Waals surface area contributed by atoms with Gasteiger partial charge in [-0.15, -0.1) is 0 Å². The molecular weight excluding hydrogens is 471 g/mol. The molecule has 0 atom stereocenters. The molecule has 0 radical (unpaired) electrons. The van der Waals surface area contributed by atoms with Crippen molar-refractivity contribution in [1.82, 2.24) is 0 Å². The predicted octanol–water partition coefficient (Wildman–Crippen LogP) is 5.47. The largest absolute Gasteiger partial charge is 0.423 e. The Balaban J connectivity index is 1.53. The summed E-state index contributed by atoms with van der Waals surface area (Å²) >= 11 is 12.1. The smallest absolute Gasteiger partial charge is 0.363 e. The first-order valence-corrected chi connectivity index (χ1v) is 10.1. The van der Waals surface area contributed by atoms with E-state index in [9.17, 15) is 19.7 Å². The molecule has 164 valence electrons. The van der Waals surface area contributed by atoms with Gasteiger partial charge in [0.25, 0.3) is 5.69 Å². The number of ether oxygens (including phenoxy) is 2. The van der Waals surface area contributed by atoms with Gasteiger partial charge in [-0.2, -0.15) is 0 Å². The minimum atomic E-state index is -0.734. The number of halogens is 2. The summed E-state index contributed by atoms with van der Waals surface area (Å²) < 4.78 is 10.5. The van der Waals surface area contributed by atoms with Gasteiger partial charge in [0, 0.05) is 12.1 Å². The van der Waals surface area contributed by atoms with Crippen LogP contribution in [0.15, 0.2) is 77.4 Å². The van der Waals surface area contributed by atoms with Crippen molar-refractivity contribution >= 4 is 52.8 Å². The lowest BCUT2D eigenvalue weighted by Gasteiger charge is -2.06. The standard InChI is InChI=1S/C23H12Cl2N2O6/c24-18-4-2-1-3-16(18)22(28)32-15-8-5-13(6-9-15)11-20-23(29)33-21(26-20)17-12-14(27(30)31)7-10-19(17)25/h1-12H/b20-11-. The molecule has 10 heteroatoms. The average Bonchev–Trinajstić information content (AvgIpc) is 3.15. The first-order chi connectivity index (χ1) is 15.8. The van der Waals surface area contributed by atoms with Crippen molar-refractivity contribution < 1.29 is 24.0 Å². The fourth-order valence-corrected chi connectivity index (χ4v) is 3.31. The predicted molar refractivity (Wildman–Crippen MR) is 122 cm³/mol. The number of cyclic esters (lactones) is 1. The van der Waals surface area contributed by atoms with Crippen molar-refractivity contribution in [3.05, 3.63) is 109 Å². The van der Waals surface area contributed by atoms with Crippen LogP contribution in [0.3, 0.4) is 0 Å². The van der Waals surface area contributed by atoms with Crippen LogP contribution in [0.25, 0.3) is 6.08 Å². The van der Waals surface area contributed by atoms with Gasteiger partial charge in [0.15, 0.2) is 5.70 Å². The molecule has 0 N–H and O–H groups in total. The zero-order valence-electron chi connectivity index (χ0n) is 16.5. The number of nitro benzene ring substituents is 1. The van der Waals surface area contributed by atoms with Gasteiger partial charge in [-0.05, 0) is 42.0 Å². The van der Waals surface area contributed by atoms with Crippen LogP contribution in [0.5, 0.6) is 5.75 Å². The molecule has 0 amide bonds. The van der Waals surface area contributed by atoms with Crippen LogP contribution >= 0.6 is 23.2 Å². The summed E-state index contributed by atoms with van der Waals surface area (Å²) in [4.78, 5) is 39.0. The van der Waals surface area contributed by atoms with Crippen molar-refractivity contribution in [2.45, 2.75) is 0 Å². The van der Waals surface area contributed by atoms with Gasteiger partial charge in [-0.1, -0.05) is 47.5 Å². The van der Waals surface area contributed by atoms with Gasteiger partial charge in [0.05, 0.1) is 26.1 Å². The first kappa shape index (κ1) is 22.2. The molecule has 1 aliphatic heterocycles. The lowest BCUT2D eigenvalue weighted by Crippen LogP contribution is -2.08. The Morgan fingerprint density at radius 3 is 2.45 bits per heavy atom. The van der Waals surface area contributed by atoms with E-state index in [1.807, 2.05) is 0 Å². The monoisotopic (exact) mass is 482 g/mol. The van der Waals surface area contributed by atoms with Crippen LogP contribution in [0.4, 0.5) is 5.69 Å². The molecule has 0 aromatic heterocycles. The second kappa shape index (κ2) is 9.23. The lowest BCUT2D eigenvalue weighted by atomic mass is 10.2. The maximum absolute atomic E-state index is 12.3. The number of rotatable bonds is 5. The number of benzene rings is 3. The average molecular weight is 483 g/mol. The van der Waals surface area contributed by atoms with E-state index in [0.29, 0.717) is 5.56 Å². The Morgan fingerprint density at radius 1 is 1.03 bits per heavy atom. The van der Waals surface area contributed by atoms with Crippen molar-refractivity contribution in [2.75, 3.05) is 0 Å². The molecule has 1 aliphatic rings.